The molecule has 1 unspecified atom stereocenters. The van der Waals surface area contributed by atoms with Crippen LogP contribution in [0.5, 0.6) is 0 Å². The van der Waals surface area contributed by atoms with E-state index >= 15 is 0 Å². The third kappa shape index (κ3) is 1.89. The van der Waals surface area contributed by atoms with Crippen molar-refractivity contribution in [2.24, 2.45) is 0 Å². The Kier molecular flexibility index (Phi) is 2.81. The summed E-state index contributed by atoms with van der Waals surface area (Å²) in [5.41, 5.74) is 0.321. The lowest BCUT2D eigenvalue weighted by Gasteiger charge is -2.55. The molecule has 8 heteroatoms. The summed E-state index contributed by atoms with van der Waals surface area (Å²) in [6.07, 6.45) is 0.437. The molecule has 2 fully saturated rings. The van der Waals surface area contributed by atoms with Crippen LogP contribution in [-0.2, 0) is 4.74 Å². The molecule has 4 rings (SSSR count). The zero-order chi connectivity index (χ0) is 14.4. The monoisotopic (exact) mass is 295 g/mol. The lowest BCUT2D eigenvalue weighted by atomic mass is 9.80. The Morgan fingerprint density at radius 1 is 1.24 bits per heavy atom. The van der Waals surface area contributed by atoms with Gasteiger partial charge in [-0.05, 0) is 31.4 Å². The van der Waals surface area contributed by atoms with Gasteiger partial charge in [-0.3, -0.25) is 0 Å². The number of hydrogen-bond acceptors (Lipinski definition) is 5. The molecule has 21 heavy (non-hydrogen) atoms. The van der Waals surface area contributed by atoms with E-state index in [1.54, 1.807) is 6.07 Å². The molecular formula is C13H15F2N5O. The van der Waals surface area contributed by atoms with Crippen molar-refractivity contribution >= 4 is 11.5 Å². The van der Waals surface area contributed by atoms with E-state index in [1.165, 1.54) is 0 Å². The van der Waals surface area contributed by atoms with Crippen molar-refractivity contribution in [1.29, 1.82) is 0 Å². The zero-order valence-electron chi connectivity index (χ0n) is 11.4. The normalized spacial score (nSPS) is 25.8. The van der Waals surface area contributed by atoms with E-state index in [0.717, 1.165) is 36.9 Å². The third-order valence-corrected chi connectivity index (χ3v) is 4.42. The summed E-state index contributed by atoms with van der Waals surface area (Å²) in [6.45, 7) is 2.34. The van der Waals surface area contributed by atoms with Crippen molar-refractivity contribution in [2.45, 2.75) is 31.2 Å². The first-order chi connectivity index (χ1) is 10.2. The SMILES string of the molecule is FC(F)c1nnc2ccc(N3CCC34CCCOC4)nn12. The minimum absolute atomic E-state index is 0.0159. The van der Waals surface area contributed by atoms with Crippen LogP contribution in [-0.4, -0.2) is 45.1 Å². The predicted molar refractivity (Wildman–Crippen MR) is 70.5 cm³/mol. The first-order valence-corrected chi connectivity index (χ1v) is 7.06. The standard InChI is InChI=1S/C13H15F2N5O/c14-11(15)12-17-16-9-2-3-10(18-20(9)12)19-6-5-13(19)4-1-7-21-8-13/h2-3,11H,1,4-8H2. The van der Waals surface area contributed by atoms with Gasteiger partial charge in [0.15, 0.2) is 5.65 Å². The maximum Gasteiger partial charge on any atom is 0.299 e. The van der Waals surface area contributed by atoms with Crippen LogP contribution in [0.15, 0.2) is 12.1 Å². The second-order valence-corrected chi connectivity index (χ2v) is 5.60. The summed E-state index contributed by atoms with van der Waals surface area (Å²) >= 11 is 0. The first-order valence-electron chi connectivity index (χ1n) is 7.06. The van der Waals surface area contributed by atoms with E-state index < -0.39 is 12.2 Å². The van der Waals surface area contributed by atoms with Crippen molar-refractivity contribution in [3.8, 4) is 0 Å². The Morgan fingerprint density at radius 2 is 2.14 bits per heavy atom. The Labute approximate surface area is 119 Å². The number of anilines is 1. The summed E-state index contributed by atoms with van der Waals surface area (Å²) in [5, 5.41) is 11.5. The van der Waals surface area contributed by atoms with Crippen LogP contribution in [0.25, 0.3) is 5.65 Å². The molecule has 1 atom stereocenters. The van der Waals surface area contributed by atoms with Gasteiger partial charge < -0.3 is 9.64 Å². The van der Waals surface area contributed by atoms with E-state index in [9.17, 15) is 8.78 Å². The molecule has 6 nitrogen and oxygen atoms in total. The topological polar surface area (TPSA) is 55.5 Å². The van der Waals surface area contributed by atoms with Crippen molar-refractivity contribution in [2.75, 3.05) is 24.7 Å². The molecule has 0 N–H and O–H groups in total. The summed E-state index contributed by atoms with van der Waals surface area (Å²) in [6, 6.07) is 3.49. The van der Waals surface area contributed by atoms with Gasteiger partial charge in [-0.2, -0.15) is 4.52 Å². The highest BCUT2D eigenvalue weighted by atomic mass is 19.3. The Morgan fingerprint density at radius 3 is 2.81 bits per heavy atom. The van der Waals surface area contributed by atoms with Gasteiger partial charge in [-0.15, -0.1) is 15.3 Å². The van der Waals surface area contributed by atoms with Crippen molar-refractivity contribution in [1.82, 2.24) is 19.8 Å². The van der Waals surface area contributed by atoms with Crippen molar-refractivity contribution in [3.63, 3.8) is 0 Å². The molecule has 1 spiro atoms. The van der Waals surface area contributed by atoms with E-state index in [2.05, 4.69) is 20.2 Å². The summed E-state index contributed by atoms with van der Waals surface area (Å²) in [4.78, 5) is 2.15. The average molecular weight is 295 g/mol. The molecule has 0 aromatic carbocycles. The molecule has 0 bridgehead atoms. The van der Waals surface area contributed by atoms with Gasteiger partial charge in [0, 0.05) is 13.2 Å². The third-order valence-electron chi connectivity index (χ3n) is 4.42. The number of ether oxygens (including phenoxy) is 1. The van der Waals surface area contributed by atoms with Crippen molar-refractivity contribution in [3.05, 3.63) is 18.0 Å². The van der Waals surface area contributed by atoms with Crippen LogP contribution in [0, 0.1) is 0 Å². The molecular weight excluding hydrogens is 280 g/mol. The average Bonchev–Trinajstić information content (AvgIpc) is 2.90. The highest BCUT2D eigenvalue weighted by Gasteiger charge is 2.46. The van der Waals surface area contributed by atoms with Crippen LogP contribution in [0.4, 0.5) is 14.6 Å². The molecule has 2 saturated heterocycles. The summed E-state index contributed by atoms with van der Waals surface area (Å²) in [5.74, 6) is 0.266. The minimum Gasteiger partial charge on any atom is -0.379 e. The summed E-state index contributed by atoms with van der Waals surface area (Å²) in [7, 11) is 0. The number of hydrogen-bond donors (Lipinski definition) is 0. The Balaban J connectivity index is 1.72. The predicted octanol–water partition coefficient (Wildman–Crippen LogP) is 1.82. The van der Waals surface area contributed by atoms with Gasteiger partial charge >= 0.3 is 0 Å². The largest absolute Gasteiger partial charge is 0.379 e. The fourth-order valence-electron chi connectivity index (χ4n) is 3.22. The zero-order valence-corrected chi connectivity index (χ0v) is 11.4. The van der Waals surface area contributed by atoms with Crippen LogP contribution in [0.2, 0.25) is 0 Å². The van der Waals surface area contributed by atoms with Crippen LogP contribution < -0.4 is 4.90 Å². The molecule has 0 aliphatic carbocycles. The number of halogens is 2. The second kappa shape index (κ2) is 4.59. The van der Waals surface area contributed by atoms with Gasteiger partial charge in [0.05, 0.1) is 12.1 Å². The fourth-order valence-corrected chi connectivity index (χ4v) is 3.22. The maximum absolute atomic E-state index is 12.9. The molecule has 2 aromatic rings. The lowest BCUT2D eigenvalue weighted by Crippen LogP contribution is -2.64. The van der Waals surface area contributed by atoms with Gasteiger partial charge in [0.25, 0.3) is 6.43 Å². The quantitative estimate of drug-likeness (QED) is 0.846. The molecule has 0 amide bonds. The van der Waals surface area contributed by atoms with E-state index in [4.69, 9.17) is 4.74 Å². The van der Waals surface area contributed by atoms with E-state index in [-0.39, 0.29) is 5.54 Å². The molecule has 2 aliphatic rings. The van der Waals surface area contributed by atoms with E-state index in [1.807, 2.05) is 6.07 Å². The second-order valence-electron chi connectivity index (χ2n) is 5.60. The number of rotatable bonds is 2. The molecule has 2 aliphatic heterocycles. The van der Waals surface area contributed by atoms with Crippen LogP contribution in [0.1, 0.15) is 31.5 Å². The molecule has 0 radical (unpaired) electrons. The summed E-state index contributed by atoms with van der Waals surface area (Å²) < 4.78 is 32.5. The molecule has 2 aromatic heterocycles. The molecule has 0 saturated carbocycles. The maximum atomic E-state index is 12.9. The van der Waals surface area contributed by atoms with Gasteiger partial charge in [-0.25, -0.2) is 8.78 Å². The lowest BCUT2D eigenvalue weighted by molar-refractivity contribution is 0.00913. The molecule has 4 heterocycles. The van der Waals surface area contributed by atoms with Gasteiger partial charge in [0.1, 0.15) is 5.82 Å². The number of fused-ring (bicyclic) bond motifs is 1. The van der Waals surface area contributed by atoms with Crippen molar-refractivity contribution < 1.29 is 13.5 Å². The smallest absolute Gasteiger partial charge is 0.299 e. The number of aromatic nitrogens is 4. The van der Waals surface area contributed by atoms with Gasteiger partial charge in [-0.1, -0.05) is 0 Å². The first kappa shape index (κ1) is 12.9. The fraction of sp³-hybridized carbons (Fsp3) is 0.615. The minimum atomic E-state index is -2.69. The number of nitrogens with zero attached hydrogens (tertiary/aromatic N) is 5. The Hall–Kier alpha value is -1.83. The van der Waals surface area contributed by atoms with Gasteiger partial charge in [0.2, 0.25) is 5.82 Å². The number of alkyl halides is 2. The highest BCUT2D eigenvalue weighted by molar-refractivity contribution is 5.50. The Bertz CT molecular complexity index is 668. The van der Waals surface area contributed by atoms with Crippen LogP contribution >= 0.6 is 0 Å². The van der Waals surface area contributed by atoms with E-state index in [0.29, 0.717) is 18.1 Å². The molecule has 112 valence electrons. The van der Waals surface area contributed by atoms with Crippen LogP contribution in [0.3, 0.4) is 0 Å². The highest BCUT2D eigenvalue weighted by Crippen LogP contribution is 2.40.